The minimum absolute atomic E-state index is 0.600. The summed E-state index contributed by atoms with van der Waals surface area (Å²) >= 11 is 0. The summed E-state index contributed by atoms with van der Waals surface area (Å²) in [4.78, 5) is 0. The Labute approximate surface area is 97.0 Å². The Balaban J connectivity index is 2.03. The van der Waals surface area contributed by atoms with Crippen molar-refractivity contribution in [3.63, 3.8) is 0 Å². The van der Waals surface area contributed by atoms with Crippen molar-refractivity contribution in [1.82, 2.24) is 15.1 Å². The van der Waals surface area contributed by atoms with Crippen LogP contribution >= 0.6 is 0 Å². The van der Waals surface area contributed by atoms with Crippen molar-refractivity contribution in [3.05, 3.63) is 17.5 Å². The monoisotopic (exact) mass is 223 g/mol. The highest BCUT2D eigenvalue weighted by Crippen LogP contribution is 2.26. The Morgan fingerprint density at radius 2 is 2.25 bits per heavy atom. The van der Waals surface area contributed by atoms with Crippen molar-refractivity contribution >= 4 is 0 Å². The van der Waals surface area contributed by atoms with Crippen molar-refractivity contribution in [1.29, 1.82) is 0 Å². The van der Waals surface area contributed by atoms with Crippen LogP contribution in [0.25, 0.3) is 0 Å². The van der Waals surface area contributed by atoms with Crippen LogP contribution in [0.2, 0.25) is 0 Å². The van der Waals surface area contributed by atoms with Gasteiger partial charge < -0.3 is 10.1 Å². The average Bonchev–Trinajstić information content (AvgIpc) is 2.69. The fourth-order valence-electron chi connectivity index (χ4n) is 2.21. The van der Waals surface area contributed by atoms with Gasteiger partial charge in [-0.15, -0.1) is 0 Å². The summed E-state index contributed by atoms with van der Waals surface area (Å²) in [6.07, 6.45) is 3.27. The Bertz CT molecular complexity index is 329. The highest BCUT2D eigenvalue weighted by molar-refractivity contribution is 5.15. The molecule has 0 atom stereocenters. The Hall–Kier alpha value is -0.870. The van der Waals surface area contributed by atoms with Gasteiger partial charge in [-0.3, -0.25) is 4.68 Å². The van der Waals surface area contributed by atoms with Gasteiger partial charge in [0.2, 0.25) is 0 Å². The molecule has 90 valence electrons. The first-order valence-corrected chi connectivity index (χ1v) is 6.06. The smallest absolute Gasteiger partial charge is 0.0660 e. The third kappa shape index (κ3) is 2.62. The maximum absolute atomic E-state index is 5.38. The van der Waals surface area contributed by atoms with Crippen LogP contribution in [-0.4, -0.2) is 36.6 Å². The van der Waals surface area contributed by atoms with Crippen LogP contribution < -0.4 is 5.32 Å². The lowest BCUT2D eigenvalue weighted by molar-refractivity contribution is 0.0844. The summed E-state index contributed by atoms with van der Waals surface area (Å²) in [6.45, 7) is 2.77. The molecule has 0 amide bonds. The summed E-state index contributed by atoms with van der Waals surface area (Å²) in [5, 5.41) is 7.79. The molecular weight excluding hydrogens is 202 g/mol. The molecule has 1 fully saturated rings. The molecule has 0 bridgehead atoms. The van der Waals surface area contributed by atoms with Gasteiger partial charge in [0, 0.05) is 44.8 Å². The number of likely N-dealkylation sites (N-methyl/N-ethyl adjacent to an activating group) is 1. The van der Waals surface area contributed by atoms with E-state index in [1.165, 1.54) is 11.4 Å². The van der Waals surface area contributed by atoms with E-state index < -0.39 is 0 Å². The minimum atomic E-state index is 0.600. The van der Waals surface area contributed by atoms with E-state index in [1.807, 2.05) is 18.8 Å². The summed E-state index contributed by atoms with van der Waals surface area (Å²) in [5.74, 6) is 0.600. The second-order valence-corrected chi connectivity index (χ2v) is 4.42. The lowest BCUT2D eigenvalue weighted by atomic mass is 9.96. The normalized spacial score (nSPS) is 17.9. The van der Waals surface area contributed by atoms with Gasteiger partial charge in [-0.25, -0.2) is 0 Å². The lowest BCUT2D eigenvalue weighted by Crippen LogP contribution is -2.14. The lowest BCUT2D eigenvalue weighted by Gasteiger charge is -2.19. The first-order valence-electron chi connectivity index (χ1n) is 6.06. The van der Waals surface area contributed by atoms with Crippen LogP contribution in [0.1, 0.15) is 30.1 Å². The molecule has 1 aliphatic rings. The molecular formula is C12H21N3O. The average molecular weight is 223 g/mol. The zero-order chi connectivity index (χ0) is 11.4. The first kappa shape index (κ1) is 11.6. The third-order valence-electron chi connectivity index (χ3n) is 3.27. The van der Waals surface area contributed by atoms with Crippen molar-refractivity contribution in [2.75, 3.05) is 26.8 Å². The minimum Gasteiger partial charge on any atom is -0.381 e. The van der Waals surface area contributed by atoms with Gasteiger partial charge >= 0.3 is 0 Å². The zero-order valence-corrected chi connectivity index (χ0v) is 10.2. The van der Waals surface area contributed by atoms with Gasteiger partial charge in [0.25, 0.3) is 0 Å². The van der Waals surface area contributed by atoms with Crippen LogP contribution in [-0.2, 0) is 18.2 Å². The Kier molecular flexibility index (Phi) is 3.96. The van der Waals surface area contributed by atoms with Gasteiger partial charge in [-0.1, -0.05) is 0 Å². The number of hydrogen-bond donors (Lipinski definition) is 1. The fraction of sp³-hybridized carbons (Fsp3) is 0.750. The van der Waals surface area contributed by atoms with Gasteiger partial charge in [-0.2, -0.15) is 5.10 Å². The van der Waals surface area contributed by atoms with Gasteiger partial charge in [0.15, 0.2) is 0 Å². The highest BCUT2D eigenvalue weighted by atomic mass is 16.5. The van der Waals surface area contributed by atoms with Gasteiger partial charge in [0.05, 0.1) is 5.69 Å². The van der Waals surface area contributed by atoms with Crippen LogP contribution in [0.5, 0.6) is 0 Å². The molecule has 2 heterocycles. The summed E-state index contributed by atoms with van der Waals surface area (Å²) in [6, 6.07) is 2.26. The summed E-state index contributed by atoms with van der Waals surface area (Å²) in [7, 11) is 4.02. The predicted molar refractivity (Wildman–Crippen MR) is 63.6 cm³/mol. The fourth-order valence-corrected chi connectivity index (χ4v) is 2.21. The van der Waals surface area contributed by atoms with E-state index in [0.717, 1.165) is 39.0 Å². The molecule has 2 rings (SSSR count). The van der Waals surface area contributed by atoms with E-state index in [0.29, 0.717) is 5.92 Å². The molecule has 0 spiro atoms. The highest BCUT2D eigenvalue weighted by Gasteiger charge is 2.19. The molecule has 1 aliphatic heterocycles. The molecule has 1 aromatic rings. The number of rotatable bonds is 4. The molecule has 1 aromatic heterocycles. The maximum Gasteiger partial charge on any atom is 0.0660 e. The first-order chi connectivity index (χ1) is 7.81. The molecule has 0 unspecified atom stereocenters. The van der Waals surface area contributed by atoms with E-state index in [2.05, 4.69) is 16.5 Å². The van der Waals surface area contributed by atoms with E-state index in [9.17, 15) is 0 Å². The molecule has 0 aliphatic carbocycles. The van der Waals surface area contributed by atoms with Gasteiger partial charge in [-0.05, 0) is 26.0 Å². The van der Waals surface area contributed by atoms with E-state index in [1.54, 1.807) is 0 Å². The van der Waals surface area contributed by atoms with Crippen LogP contribution in [0.3, 0.4) is 0 Å². The topological polar surface area (TPSA) is 39.1 Å². The van der Waals surface area contributed by atoms with Crippen LogP contribution in [0.15, 0.2) is 6.07 Å². The second kappa shape index (κ2) is 5.46. The van der Waals surface area contributed by atoms with Crippen molar-refractivity contribution < 1.29 is 4.74 Å². The number of aryl methyl sites for hydroxylation is 1. The molecule has 1 N–H and O–H groups in total. The molecule has 1 saturated heterocycles. The quantitative estimate of drug-likeness (QED) is 0.830. The number of aromatic nitrogens is 2. The number of nitrogens with zero attached hydrogens (tertiary/aromatic N) is 2. The molecule has 0 aromatic carbocycles. The predicted octanol–water partition coefficient (Wildman–Crippen LogP) is 1.08. The molecule has 4 heteroatoms. The van der Waals surface area contributed by atoms with Crippen molar-refractivity contribution in [2.24, 2.45) is 7.05 Å². The van der Waals surface area contributed by atoms with E-state index >= 15 is 0 Å². The van der Waals surface area contributed by atoms with E-state index in [-0.39, 0.29) is 0 Å². The third-order valence-corrected chi connectivity index (χ3v) is 3.27. The summed E-state index contributed by atoms with van der Waals surface area (Å²) < 4.78 is 7.39. The van der Waals surface area contributed by atoms with Crippen molar-refractivity contribution in [3.8, 4) is 0 Å². The number of nitrogens with one attached hydrogen (secondary N) is 1. The largest absolute Gasteiger partial charge is 0.381 e. The van der Waals surface area contributed by atoms with Crippen molar-refractivity contribution in [2.45, 2.75) is 25.2 Å². The molecule has 0 saturated carbocycles. The Morgan fingerprint density at radius 3 is 2.94 bits per heavy atom. The number of ether oxygens (including phenoxy) is 1. The molecule has 16 heavy (non-hydrogen) atoms. The number of hydrogen-bond acceptors (Lipinski definition) is 3. The second-order valence-electron chi connectivity index (χ2n) is 4.42. The van der Waals surface area contributed by atoms with Crippen LogP contribution in [0, 0.1) is 0 Å². The molecule has 0 radical (unpaired) electrons. The Morgan fingerprint density at radius 1 is 1.50 bits per heavy atom. The standard InChI is InChI=1S/C12H21N3O/c1-13-6-3-11-9-12(14-15(11)2)10-4-7-16-8-5-10/h9-10,13H,3-8H2,1-2H3. The SMILES string of the molecule is CNCCc1cc(C2CCOCC2)nn1C. The maximum atomic E-state index is 5.38. The van der Waals surface area contributed by atoms with Gasteiger partial charge in [0.1, 0.15) is 0 Å². The van der Waals surface area contributed by atoms with E-state index in [4.69, 9.17) is 4.74 Å². The summed E-state index contributed by atoms with van der Waals surface area (Å²) in [5.41, 5.74) is 2.56. The zero-order valence-electron chi connectivity index (χ0n) is 10.2. The molecule has 4 nitrogen and oxygen atoms in total. The van der Waals surface area contributed by atoms with Crippen LogP contribution in [0.4, 0.5) is 0 Å².